The van der Waals surface area contributed by atoms with Crippen molar-refractivity contribution < 1.29 is 14.3 Å². The Kier molecular flexibility index (Phi) is 5.37. The van der Waals surface area contributed by atoms with E-state index in [0.29, 0.717) is 35.1 Å². The molecule has 0 saturated heterocycles. The second kappa shape index (κ2) is 7.25. The SMILES string of the molecule is COCCOc1ccccc1C(=O)c1cccc(C)c1Cl. The van der Waals surface area contributed by atoms with Crippen LogP contribution in [0.25, 0.3) is 0 Å². The summed E-state index contributed by atoms with van der Waals surface area (Å²) in [4.78, 5) is 12.7. The van der Waals surface area contributed by atoms with Gasteiger partial charge in [-0.05, 0) is 30.7 Å². The maximum absolute atomic E-state index is 12.7. The number of carbonyl (C=O) groups is 1. The highest BCUT2D eigenvalue weighted by Crippen LogP contribution is 2.27. The molecule has 21 heavy (non-hydrogen) atoms. The molecule has 0 fully saturated rings. The van der Waals surface area contributed by atoms with Crippen LogP contribution in [0.3, 0.4) is 0 Å². The van der Waals surface area contributed by atoms with Crippen LogP contribution in [0.15, 0.2) is 42.5 Å². The van der Waals surface area contributed by atoms with Gasteiger partial charge in [-0.25, -0.2) is 0 Å². The third kappa shape index (κ3) is 3.63. The van der Waals surface area contributed by atoms with E-state index in [1.807, 2.05) is 25.1 Å². The van der Waals surface area contributed by atoms with Gasteiger partial charge in [-0.1, -0.05) is 35.9 Å². The van der Waals surface area contributed by atoms with Crippen LogP contribution < -0.4 is 4.74 Å². The summed E-state index contributed by atoms with van der Waals surface area (Å²) in [6.07, 6.45) is 0. The van der Waals surface area contributed by atoms with Crippen molar-refractivity contribution in [2.45, 2.75) is 6.92 Å². The second-order valence-electron chi connectivity index (χ2n) is 4.60. The van der Waals surface area contributed by atoms with E-state index in [1.54, 1.807) is 31.4 Å². The molecule has 2 rings (SSSR count). The summed E-state index contributed by atoms with van der Waals surface area (Å²) in [6, 6.07) is 12.6. The van der Waals surface area contributed by atoms with Crippen molar-refractivity contribution in [3.05, 3.63) is 64.2 Å². The highest BCUT2D eigenvalue weighted by Gasteiger charge is 2.17. The fraction of sp³-hybridized carbons (Fsp3) is 0.235. The van der Waals surface area contributed by atoms with Gasteiger partial charge in [0.1, 0.15) is 12.4 Å². The molecule has 2 aromatic carbocycles. The van der Waals surface area contributed by atoms with Crippen LogP contribution in [0, 0.1) is 6.92 Å². The van der Waals surface area contributed by atoms with Crippen molar-refractivity contribution in [2.24, 2.45) is 0 Å². The smallest absolute Gasteiger partial charge is 0.198 e. The molecule has 2 aromatic rings. The standard InChI is InChI=1S/C17H17ClO3/c1-12-6-5-8-14(16(12)18)17(19)13-7-3-4-9-15(13)21-11-10-20-2/h3-9H,10-11H2,1-2H3. The lowest BCUT2D eigenvalue weighted by Gasteiger charge is -2.11. The summed E-state index contributed by atoms with van der Waals surface area (Å²) >= 11 is 6.24. The Hall–Kier alpha value is -1.84. The number of hydrogen-bond acceptors (Lipinski definition) is 3. The number of para-hydroxylation sites is 1. The van der Waals surface area contributed by atoms with Gasteiger partial charge >= 0.3 is 0 Å². The minimum Gasteiger partial charge on any atom is -0.490 e. The van der Waals surface area contributed by atoms with Gasteiger partial charge in [0.2, 0.25) is 0 Å². The minimum absolute atomic E-state index is 0.142. The van der Waals surface area contributed by atoms with E-state index >= 15 is 0 Å². The Morgan fingerprint density at radius 3 is 2.52 bits per heavy atom. The monoisotopic (exact) mass is 304 g/mol. The maximum Gasteiger partial charge on any atom is 0.198 e. The van der Waals surface area contributed by atoms with E-state index < -0.39 is 0 Å². The molecular formula is C17H17ClO3. The Balaban J connectivity index is 2.33. The van der Waals surface area contributed by atoms with Crippen molar-refractivity contribution in [3.8, 4) is 5.75 Å². The lowest BCUT2D eigenvalue weighted by molar-refractivity contribution is 0.103. The molecule has 0 heterocycles. The summed E-state index contributed by atoms with van der Waals surface area (Å²) < 4.78 is 10.6. The van der Waals surface area contributed by atoms with Crippen molar-refractivity contribution >= 4 is 17.4 Å². The highest BCUT2D eigenvalue weighted by atomic mass is 35.5. The van der Waals surface area contributed by atoms with Crippen LogP contribution in [0.5, 0.6) is 5.75 Å². The number of hydrogen-bond donors (Lipinski definition) is 0. The fourth-order valence-electron chi connectivity index (χ4n) is 1.98. The van der Waals surface area contributed by atoms with Crippen LogP contribution in [0.4, 0.5) is 0 Å². The average molecular weight is 305 g/mol. The number of rotatable bonds is 6. The van der Waals surface area contributed by atoms with E-state index in [4.69, 9.17) is 21.1 Å². The van der Waals surface area contributed by atoms with Crippen molar-refractivity contribution in [3.63, 3.8) is 0 Å². The second-order valence-corrected chi connectivity index (χ2v) is 4.98. The number of carbonyl (C=O) groups excluding carboxylic acids is 1. The first-order chi connectivity index (χ1) is 10.1. The zero-order chi connectivity index (χ0) is 15.2. The van der Waals surface area contributed by atoms with Gasteiger partial charge in [0, 0.05) is 12.7 Å². The molecule has 0 N–H and O–H groups in total. The first kappa shape index (κ1) is 15.5. The first-order valence-corrected chi connectivity index (χ1v) is 7.03. The average Bonchev–Trinajstić information content (AvgIpc) is 2.50. The molecule has 0 aliphatic heterocycles. The molecular weight excluding hydrogens is 288 g/mol. The summed E-state index contributed by atoms with van der Waals surface area (Å²) in [5.41, 5.74) is 1.86. The Bertz CT molecular complexity index is 638. The fourth-order valence-corrected chi connectivity index (χ4v) is 2.19. The number of aryl methyl sites for hydroxylation is 1. The van der Waals surface area contributed by atoms with Crippen molar-refractivity contribution in [1.29, 1.82) is 0 Å². The number of ether oxygens (including phenoxy) is 2. The molecule has 0 aliphatic carbocycles. The molecule has 0 atom stereocenters. The molecule has 0 aliphatic rings. The Labute approximate surface area is 129 Å². The normalized spacial score (nSPS) is 10.4. The van der Waals surface area contributed by atoms with Crippen molar-refractivity contribution in [1.82, 2.24) is 0 Å². The Morgan fingerprint density at radius 2 is 1.76 bits per heavy atom. The first-order valence-electron chi connectivity index (χ1n) is 6.65. The minimum atomic E-state index is -0.142. The zero-order valence-corrected chi connectivity index (χ0v) is 12.8. The van der Waals surface area contributed by atoms with Gasteiger partial charge in [0.25, 0.3) is 0 Å². The highest BCUT2D eigenvalue weighted by molar-refractivity contribution is 6.35. The summed E-state index contributed by atoms with van der Waals surface area (Å²) in [7, 11) is 1.60. The predicted molar refractivity (Wildman–Crippen MR) is 83.4 cm³/mol. The lowest BCUT2D eigenvalue weighted by Crippen LogP contribution is -2.09. The van der Waals surface area contributed by atoms with E-state index in [9.17, 15) is 4.79 Å². The van der Waals surface area contributed by atoms with Gasteiger partial charge in [-0.15, -0.1) is 0 Å². The zero-order valence-electron chi connectivity index (χ0n) is 12.1. The van der Waals surface area contributed by atoms with E-state index in [-0.39, 0.29) is 5.78 Å². The molecule has 0 spiro atoms. The molecule has 0 amide bonds. The van der Waals surface area contributed by atoms with E-state index in [1.165, 1.54) is 0 Å². The van der Waals surface area contributed by atoms with Gasteiger partial charge in [0.15, 0.2) is 5.78 Å². The summed E-state index contributed by atoms with van der Waals surface area (Å²) in [6.45, 7) is 2.73. The number of halogens is 1. The molecule has 0 aromatic heterocycles. The number of ketones is 1. The van der Waals surface area contributed by atoms with Gasteiger partial charge in [0.05, 0.1) is 17.2 Å². The van der Waals surface area contributed by atoms with Crippen LogP contribution in [-0.2, 0) is 4.74 Å². The molecule has 0 unspecified atom stereocenters. The van der Waals surface area contributed by atoms with Crippen LogP contribution >= 0.6 is 11.6 Å². The molecule has 4 heteroatoms. The molecule has 0 saturated carbocycles. The Morgan fingerprint density at radius 1 is 1.05 bits per heavy atom. The molecule has 0 bridgehead atoms. The molecule has 110 valence electrons. The number of methoxy groups -OCH3 is 1. The largest absolute Gasteiger partial charge is 0.490 e. The molecule has 3 nitrogen and oxygen atoms in total. The van der Waals surface area contributed by atoms with E-state index in [2.05, 4.69) is 0 Å². The summed E-state index contributed by atoms with van der Waals surface area (Å²) in [5.74, 6) is 0.397. The molecule has 0 radical (unpaired) electrons. The van der Waals surface area contributed by atoms with Crippen LogP contribution in [0.1, 0.15) is 21.5 Å². The van der Waals surface area contributed by atoms with Crippen LogP contribution in [-0.4, -0.2) is 26.1 Å². The van der Waals surface area contributed by atoms with Crippen LogP contribution in [0.2, 0.25) is 5.02 Å². The van der Waals surface area contributed by atoms with Crippen molar-refractivity contribution in [2.75, 3.05) is 20.3 Å². The van der Waals surface area contributed by atoms with E-state index in [0.717, 1.165) is 5.56 Å². The predicted octanol–water partition coefficient (Wildman–Crippen LogP) is 3.90. The third-order valence-electron chi connectivity index (χ3n) is 3.11. The van der Waals surface area contributed by atoms with Gasteiger partial charge in [-0.2, -0.15) is 0 Å². The van der Waals surface area contributed by atoms with Gasteiger partial charge in [-0.3, -0.25) is 4.79 Å². The lowest BCUT2D eigenvalue weighted by atomic mass is 10.0. The third-order valence-corrected chi connectivity index (χ3v) is 3.61. The topological polar surface area (TPSA) is 35.5 Å². The number of benzene rings is 2. The van der Waals surface area contributed by atoms with Gasteiger partial charge < -0.3 is 9.47 Å². The maximum atomic E-state index is 12.7. The quantitative estimate of drug-likeness (QED) is 0.599. The summed E-state index contributed by atoms with van der Waals surface area (Å²) in [5, 5.41) is 0.481.